The van der Waals surface area contributed by atoms with Crippen LogP contribution in [-0.4, -0.2) is 20.6 Å². The summed E-state index contributed by atoms with van der Waals surface area (Å²) in [4.78, 5) is 11.9. The van der Waals surface area contributed by atoms with Gasteiger partial charge in [0.05, 0.1) is 11.9 Å². The van der Waals surface area contributed by atoms with Crippen molar-refractivity contribution in [1.29, 1.82) is 0 Å². The molecule has 1 amide bonds. The van der Waals surface area contributed by atoms with E-state index in [9.17, 15) is 13.2 Å². The summed E-state index contributed by atoms with van der Waals surface area (Å²) in [7, 11) is -3.63. The number of nitrogens with two attached hydrogens (primary N) is 1. The molecular formula is C11H16N2O3S. The van der Waals surface area contributed by atoms with Gasteiger partial charge in [-0.15, -0.1) is 0 Å². The van der Waals surface area contributed by atoms with E-state index < -0.39 is 21.8 Å². The molecule has 1 aromatic carbocycles. The van der Waals surface area contributed by atoms with Crippen molar-refractivity contribution in [1.82, 2.24) is 0 Å². The largest absolute Gasteiger partial charge is 0.399 e. The number of carbonyl (C=O) groups excluding carboxylic acids is 1. The summed E-state index contributed by atoms with van der Waals surface area (Å²) in [6, 6.07) is 6.13. The minimum absolute atomic E-state index is 0.306. The summed E-state index contributed by atoms with van der Waals surface area (Å²) in [5.41, 5.74) is 6.34. The van der Waals surface area contributed by atoms with Crippen molar-refractivity contribution in [3.63, 3.8) is 0 Å². The summed E-state index contributed by atoms with van der Waals surface area (Å²) in [6.45, 7) is 3.30. The maximum Gasteiger partial charge on any atom is 0.243 e. The van der Waals surface area contributed by atoms with E-state index in [1.165, 1.54) is 12.1 Å². The number of sulfonamides is 1. The van der Waals surface area contributed by atoms with Crippen LogP contribution in [-0.2, 0) is 14.8 Å². The summed E-state index contributed by atoms with van der Waals surface area (Å²) < 4.78 is 24.1. The third-order valence-corrected chi connectivity index (χ3v) is 3.21. The van der Waals surface area contributed by atoms with Crippen molar-refractivity contribution in [2.75, 3.05) is 16.3 Å². The average molecular weight is 256 g/mol. The molecule has 0 saturated carbocycles. The Labute approximate surface area is 101 Å². The predicted octanol–water partition coefficient (Wildman–Crippen LogP) is 1.22. The van der Waals surface area contributed by atoms with E-state index in [0.717, 1.165) is 10.6 Å². The van der Waals surface area contributed by atoms with Gasteiger partial charge in [0.25, 0.3) is 0 Å². The SMILES string of the molecule is CC(C)C(=O)N(c1ccc(N)cc1)S(C)(=O)=O. The highest BCUT2D eigenvalue weighted by molar-refractivity contribution is 7.92. The van der Waals surface area contributed by atoms with E-state index in [4.69, 9.17) is 5.73 Å². The van der Waals surface area contributed by atoms with Gasteiger partial charge in [0, 0.05) is 11.6 Å². The molecule has 0 heterocycles. The highest BCUT2D eigenvalue weighted by Gasteiger charge is 2.27. The van der Waals surface area contributed by atoms with E-state index in [2.05, 4.69) is 0 Å². The second-order valence-electron chi connectivity index (χ2n) is 4.11. The number of nitrogens with zero attached hydrogens (tertiary/aromatic N) is 1. The fourth-order valence-corrected chi connectivity index (χ4v) is 2.37. The number of hydrogen-bond donors (Lipinski definition) is 1. The van der Waals surface area contributed by atoms with Crippen LogP contribution in [0.5, 0.6) is 0 Å². The van der Waals surface area contributed by atoms with Crippen LogP contribution in [0.1, 0.15) is 13.8 Å². The van der Waals surface area contributed by atoms with Gasteiger partial charge in [0.15, 0.2) is 0 Å². The summed E-state index contributed by atoms with van der Waals surface area (Å²) in [5, 5.41) is 0. The molecule has 2 N–H and O–H groups in total. The van der Waals surface area contributed by atoms with Crippen LogP contribution < -0.4 is 10.0 Å². The van der Waals surface area contributed by atoms with Crippen molar-refractivity contribution < 1.29 is 13.2 Å². The molecule has 17 heavy (non-hydrogen) atoms. The van der Waals surface area contributed by atoms with Crippen LogP contribution >= 0.6 is 0 Å². The minimum atomic E-state index is -3.63. The molecule has 5 nitrogen and oxygen atoms in total. The molecule has 0 bridgehead atoms. The molecule has 1 rings (SSSR count). The third kappa shape index (κ3) is 3.20. The molecule has 0 atom stereocenters. The van der Waals surface area contributed by atoms with Gasteiger partial charge >= 0.3 is 0 Å². The third-order valence-electron chi connectivity index (χ3n) is 2.15. The van der Waals surface area contributed by atoms with Gasteiger partial charge in [-0.3, -0.25) is 4.79 Å². The Morgan fingerprint density at radius 1 is 1.24 bits per heavy atom. The maximum absolute atomic E-state index is 11.9. The molecule has 0 aliphatic rings. The van der Waals surface area contributed by atoms with Crippen LogP contribution in [0.15, 0.2) is 24.3 Å². The molecule has 0 aliphatic carbocycles. The first-order valence-electron chi connectivity index (χ1n) is 5.13. The number of anilines is 2. The van der Waals surface area contributed by atoms with E-state index in [0.29, 0.717) is 11.4 Å². The molecule has 6 heteroatoms. The fraction of sp³-hybridized carbons (Fsp3) is 0.364. The Balaban J connectivity index is 3.26. The standard InChI is InChI=1S/C11H16N2O3S/c1-8(2)11(14)13(17(3,15)16)10-6-4-9(12)5-7-10/h4-8H,12H2,1-3H3. The van der Waals surface area contributed by atoms with Crippen LogP contribution in [0.2, 0.25) is 0 Å². The monoisotopic (exact) mass is 256 g/mol. The van der Waals surface area contributed by atoms with Crippen molar-refractivity contribution in [3.8, 4) is 0 Å². The minimum Gasteiger partial charge on any atom is -0.399 e. The summed E-state index contributed by atoms with van der Waals surface area (Å²) in [6.07, 6.45) is 1.00. The van der Waals surface area contributed by atoms with Crippen molar-refractivity contribution in [3.05, 3.63) is 24.3 Å². The second-order valence-corrected chi connectivity index (χ2v) is 5.94. The van der Waals surface area contributed by atoms with Gasteiger partial charge in [-0.25, -0.2) is 12.7 Å². The molecule has 0 saturated heterocycles. The Morgan fingerprint density at radius 3 is 2.06 bits per heavy atom. The molecule has 0 fully saturated rings. The Morgan fingerprint density at radius 2 is 1.71 bits per heavy atom. The molecule has 1 aromatic rings. The van der Waals surface area contributed by atoms with Gasteiger partial charge in [0.2, 0.25) is 15.9 Å². The number of carbonyl (C=O) groups is 1. The van der Waals surface area contributed by atoms with E-state index in [1.54, 1.807) is 26.0 Å². The molecular weight excluding hydrogens is 240 g/mol. The number of rotatable bonds is 3. The van der Waals surface area contributed by atoms with Crippen molar-refractivity contribution in [2.45, 2.75) is 13.8 Å². The van der Waals surface area contributed by atoms with Gasteiger partial charge < -0.3 is 5.73 Å². The number of nitrogen functional groups attached to an aromatic ring is 1. The zero-order chi connectivity index (χ0) is 13.2. The van der Waals surface area contributed by atoms with Crippen LogP contribution in [0.3, 0.4) is 0 Å². The lowest BCUT2D eigenvalue weighted by atomic mass is 10.2. The fourth-order valence-electron chi connectivity index (χ4n) is 1.33. The lowest BCUT2D eigenvalue weighted by Gasteiger charge is -2.22. The van der Waals surface area contributed by atoms with Gasteiger partial charge in [-0.05, 0) is 24.3 Å². The van der Waals surface area contributed by atoms with E-state index in [-0.39, 0.29) is 0 Å². The highest BCUT2D eigenvalue weighted by Crippen LogP contribution is 2.21. The molecule has 0 aromatic heterocycles. The lowest BCUT2D eigenvalue weighted by Crippen LogP contribution is -2.38. The van der Waals surface area contributed by atoms with Gasteiger partial charge in [-0.2, -0.15) is 0 Å². The first-order chi connectivity index (χ1) is 7.73. The second kappa shape index (κ2) is 4.75. The zero-order valence-electron chi connectivity index (χ0n) is 10.0. The van der Waals surface area contributed by atoms with E-state index >= 15 is 0 Å². The predicted molar refractivity (Wildman–Crippen MR) is 68.0 cm³/mol. The first kappa shape index (κ1) is 13.5. The molecule has 0 radical (unpaired) electrons. The van der Waals surface area contributed by atoms with Crippen LogP contribution in [0, 0.1) is 5.92 Å². The lowest BCUT2D eigenvalue weighted by molar-refractivity contribution is -0.120. The molecule has 94 valence electrons. The van der Waals surface area contributed by atoms with E-state index in [1.807, 2.05) is 0 Å². The molecule has 0 spiro atoms. The zero-order valence-corrected chi connectivity index (χ0v) is 10.9. The summed E-state index contributed by atoms with van der Waals surface area (Å²) >= 11 is 0. The smallest absolute Gasteiger partial charge is 0.243 e. The maximum atomic E-state index is 11.9. The molecule has 0 aliphatic heterocycles. The first-order valence-corrected chi connectivity index (χ1v) is 6.98. The Kier molecular flexibility index (Phi) is 3.77. The normalized spacial score (nSPS) is 11.5. The Bertz CT molecular complexity index is 506. The quantitative estimate of drug-likeness (QED) is 0.824. The topological polar surface area (TPSA) is 80.5 Å². The number of amides is 1. The van der Waals surface area contributed by atoms with Crippen LogP contribution in [0.25, 0.3) is 0 Å². The summed E-state index contributed by atoms with van der Waals surface area (Å²) in [5.74, 6) is -0.862. The average Bonchev–Trinajstić information content (AvgIpc) is 2.19. The highest BCUT2D eigenvalue weighted by atomic mass is 32.2. The van der Waals surface area contributed by atoms with Crippen molar-refractivity contribution in [2.24, 2.45) is 5.92 Å². The van der Waals surface area contributed by atoms with Gasteiger partial charge in [0.1, 0.15) is 0 Å². The molecule has 0 unspecified atom stereocenters. The van der Waals surface area contributed by atoms with Gasteiger partial charge in [-0.1, -0.05) is 13.8 Å². The van der Waals surface area contributed by atoms with Crippen LogP contribution in [0.4, 0.5) is 11.4 Å². The van der Waals surface area contributed by atoms with Crippen molar-refractivity contribution >= 4 is 27.3 Å². The number of hydrogen-bond acceptors (Lipinski definition) is 4. The number of benzene rings is 1. The Hall–Kier alpha value is -1.56.